The van der Waals surface area contributed by atoms with Gasteiger partial charge in [0.05, 0.1) is 17.8 Å². The fourth-order valence-corrected chi connectivity index (χ4v) is 4.54. The molecule has 0 radical (unpaired) electrons. The van der Waals surface area contributed by atoms with E-state index in [1.807, 2.05) is 13.1 Å². The Labute approximate surface area is 164 Å². The topological polar surface area (TPSA) is 36.0 Å². The number of benzene rings is 1. The van der Waals surface area contributed by atoms with Crippen LogP contribution in [0, 0.1) is 0 Å². The van der Waals surface area contributed by atoms with Crippen LogP contribution in [-0.2, 0) is 4.79 Å². The second kappa shape index (κ2) is 7.32. The number of ether oxygens (including phenoxy) is 1. The molecular weight excluding hydrogens is 366 g/mol. The first-order valence-electron chi connectivity index (χ1n) is 8.56. The number of hydrogen-bond donors (Lipinski definition) is 0. The minimum absolute atomic E-state index is 0.0450. The molecule has 1 aromatic rings. The third kappa shape index (κ3) is 2.99. The van der Waals surface area contributed by atoms with E-state index in [4.69, 9.17) is 17.0 Å². The smallest absolute Gasteiger partial charge is 0.276 e. The van der Waals surface area contributed by atoms with Crippen LogP contribution in [0.25, 0.3) is 0 Å². The average Bonchev–Trinajstić information content (AvgIpc) is 3.09. The molecule has 1 saturated heterocycles. The lowest BCUT2D eigenvalue weighted by Gasteiger charge is -2.20. The van der Waals surface area contributed by atoms with E-state index < -0.39 is 0 Å². The van der Waals surface area contributed by atoms with Gasteiger partial charge in [-0.05, 0) is 49.3 Å². The maximum Gasteiger partial charge on any atom is 0.276 e. The molecule has 0 bridgehead atoms. The summed E-state index contributed by atoms with van der Waals surface area (Å²) in [6, 6.07) is 6.11. The molecule has 3 rings (SSSR count). The molecule has 0 spiro atoms. The van der Waals surface area contributed by atoms with Gasteiger partial charge in [-0.2, -0.15) is 0 Å². The second-order valence-corrected chi connectivity index (χ2v) is 7.52. The van der Waals surface area contributed by atoms with Crippen LogP contribution >= 0.6 is 24.0 Å². The van der Waals surface area contributed by atoms with Crippen molar-refractivity contribution in [2.24, 2.45) is 0 Å². The van der Waals surface area contributed by atoms with E-state index in [1.165, 1.54) is 9.80 Å². The number of thioether (sulfide) groups is 1. The zero-order chi connectivity index (χ0) is 19.0. The van der Waals surface area contributed by atoms with Crippen LogP contribution in [-0.4, -0.2) is 48.6 Å². The molecule has 138 valence electrons. The average molecular weight is 390 g/mol. The number of fused-ring (bicyclic) bond motifs is 1. The van der Waals surface area contributed by atoms with Crippen molar-refractivity contribution in [1.29, 1.82) is 0 Å². The summed E-state index contributed by atoms with van der Waals surface area (Å²) in [6.45, 7) is 5.03. The van der Waals surface area contributed by atoms with Crippen LogP contribution in [0.2, 0.25) is 0 Å². The molecule has 2 heterocycles. The molecule has 26 heavy (non-hydrogen) atoms. The van der Waals surface area contributed by atoms with E-state index in [-0.39, 0.29) is 5.91 Å². The first-order valence-corrected chi connectivity index (χ1v) is 9.79. The first-order chi connectivity index (χ1) is 12.4. The van der Waals surface area contributed by atoms with Crippen molar-refractivity contribution in [1.82, 2.24) is 9.80 Å². The molecule has 1 aromatic carbocycles. The van der Waals surface area contributed by atoms with Gasteiger partial charge in [-0.25, -0.2) is 0 Å². The van der Waals surface area contributed by atoms with Crippen molar-refractivity contribution in [3.05, 3.63) is 40.6 Å². The molecule has 0 aromatic heterocycles. The molecule has 0 N–H and O–H groups in total. The fourth-order valence-electron chi connectivity index (χ4n) is 3.19. The molecule has 0 aliphatic carbocycles. The van der Waals surface area contributed by atoms with Crippen LogP contribution < -0.4 is 9.64 Å². The highest BCUT2D eigenvalue weighted by atomic mass is 32.2. The van der Waals surface area contributed by atoms with Gasteiger partial charge in [-0.3, -0.25) is 9.69 Å². The highest BCUT2D eigenvalue weighted by Crippen LogP contribution is 2.47. The highest BCUT2D eigenvalue weighted by Gasteiger charge is 2.35. The maximum absolute atomic E-state index is 12.6. The summed E-state index contributed by atoms with van der Waals surface area (Å²) in [4.78, 5) is 19.4. The quantitative estimate of drug-likeness (QED) is 0.575. The summed E-state index contributed by atoms with van der Waals surface area (Å²) in [5, 5.41) is 1.65. The predicted octanol–water partition coefficient (Wildman–Crippen LogP) is 3.82. The molecule has 0 saturated carbocycles. The first kappa shape index (κ1) is 18.8. The minimum atomic E-state index is -0.0450. The van der Waals surface area contributed by atoms with Crippen LogP contribution in [0.1, 0.15) is 20.3 Å². The van der Waals surface area contributed by atoms with Crippen LogP contribution in [0.3, 0.4) is 0 Å². The van der Waals surface area contributed by atoms with Crippen molar-refractivity contribution >= 4 is 40.7 Å². The Morgan fingerprint density at radius 1 is 1.27 bits per heavy atom. The van der Waals surface area contributed by atoms with E-state index in [0.29, 0.717) is 10.8 Å². The summed E-state index contributed by atoms with van der Waals surface area (Å²) in [7, 11) is 5.25. The van der Waals surface area contributed by atoms with Gasteiger partial charge in [0.15, 0.2) is 5.11 Å². The van der Waals surface area contributed by atoms with Crippen LogP contribution in [0.4, 0.5) is 5.69 Å². The van der Waals surface area contributed by atoms with Crippen molar-refractivity contribution in [2.75, 3.05) is 32.6 Å². The molecule has 5 nitrogen and oxygen atoms in total. The monoisotopic (exact) mass is 389 g/mol. The van der Waals surface area contributed by atoms with E-state index >= 15 is 0 Å². The van der Waals surface area contributed by atoms with E-state index in [1.54, 1.807) is 30.8 Å². The van der Waals surface area contributed by atoms with Gasteiger partial charge in [-0.15, -0.1) is 0 Å². The van der Waals surface area contributed by atoms with Crippen LogP contribution in [0.15, 0.2) is 45.5 Å². The third-order valence-corrected chi connectivity index (χ3v) is 6.31. The minimum Gasteiger partial charge on any atom is -0.497 e. The number of methoxy groups -OCH3 is 1. The predicted molar refractivity (Wildman–Crippen MR) is 110 cm³/mol. The summed E-state index contributed by atoms with van der Waals surface area (Å²) >= 11 is 7.06. The van der Waals surface area contributed by atoms with Crippen LogP contribution in [0.5, 0.6) is 5.75 Å². The SMILES string of the molecule is CCC(C=C1Sc2ccc(OC)cc2N1CC)=C1C(=O)N(C)C(=S)N1C. The van der Waals surface area contributed by atoms with Crippen molar-refractivity contribution < 1.29 is 9.53 Å². The van der Waals surface area contributed by atoms with Crippen molar-refractivity contribution in [2.45, 2.75) is 25.2 Å². The number of thiocarbonyl (C=S) groups is 1. The van der Waals surface area contributed by atoms with Gasteiger partial charge in [0, 0.05) is 31.6 Å². The molecule has 1 amide bonds. The Kier molecular flexibility index (Phi) is 5.29. The van der Waals surface area contributed by atoms with Gasteiger partial charge in [-0.1, -0.05) is 18.7 Å². The third-order valence-electron chi connectivity index (χ3n) is 4.65. The largest absolute Gasteiger partial charge is 0.497 e. The van der Waals surface area contributed by atoms with Gasteiger partial charge in [0.1, 0.15) is 11.4 Å². The molecule has 1 fully saturated rings. The molecular formula is C19H23N3O2S2. The Bertz CT molecular complexity index is 832. The Balaban J connectivity index is 2.05. The van der Waals surface area contributed by atoms with E-state index in [2.05, 4.69) is 37.0 Å². The van der Waals surface area contributed by atoms with Gasteiger partial charge in [0.25, 0.3) is 5.91 Å². The van der Waals surface area contributed by atoms with Gasteiger partial charge in [0.2, 0.25) is 0 Å². The van der Waals surface area contributed by atoms with Gasteiger partial charge < -0.3 is 14.5 Å². The molecule has 2 aliphatic rings. The standard InChI is InChI=1S/C19H23N3O2S2/c1-6-12(17-18(23)21(4)19(25)20(17)3)10-16-22(7-2)14-11-13(24-5)8-9-15(14)26-16/h8-11H,6-7H2,1-5H3. The van der Waals surface area contributed by atoms with E-state index in [0.717, 1.165) is 35.0 Å². The Hall–Kier alpha value is -1.99. The van der Waals surface area contributed by atoms with Crippen molar-refractivity contribution in [3.63, 3.8) is 0 Å². The van der Waals surface area contributed by atoms with E-state index in [9.17, 15) is 4.79 Å². The maximum atomic E-state index is 12.6. The lowest BCUT2D eigenvalue weighted by molar-refractivity contribution is -0.121. The summed E-state index contributed by atoms with van der Waals surface area (Å²) < 4.78 is 5.37. The molecule has 7 heteroatoms. The Morgan fingerprint density at radius 2 is 2.00 bits per heavy atom. The molecule has 2 aliphatic heterocycles. The lowest BCUT2D eigenvalue weighted by Crippen LogP contribution is -2.26. The number of allylic oxidation sites excluding steroid dienone is 2. The molecule has 0 atom stereocenters. The number of carbonyl (C=O) groups is 1. The number of anilines is 1. The second-order valence-electron chi connectivity index (χ2n) is 6.10. The highest BCUT2D eigenvalue weighted by molar-refractivity contribution is 8.03. The number of carbonyl (C=O) groups excluding carboxylic acids is 1. The summed E-state index contributed by atoms with van der Waals surface area (Å²) in [6.07, 6.45) is 2.87. The zero-order valence-electron chi connectivity index (χ0n) is 15.7. The molecule has 0 unspecified atom stereocenters. The van der Waals surface area contributed by atoms with Gasteiger partial charge >= 0.3 is 0 Å². The van der Waals surface area contributed by atoms with Crippen molar-refractivity contribution in [3.8, 4) is 5.75 Å². The Morgan fingerprint density at radius 3 is 2.54 bits per heavy atom. The number of hydrogen-bond acceptors (Lipinski definition) is 5. The number of rotatable bonds is 4. The zero-order valence-corrected chi connectivity index (χ0v) is 17.3. The summed E-state index contributed by atoms with van der Waals surface area (Å²) in [5.74, 6) is 0.798. The lowest BCUT2D eigenvalue weighted by atomic mass is 10.1. The summed E-state index contributed by atoms with van der Waals surface area (Å²) in [5.41, 5.74) is 2.80. The number of likely N-dealkylation sites (N-methyl/N-ethyl adjacent to an activating group) is 2. The normalized spacial score (nSPS) is 20.3. The fraction of sp³-hybridized carbons (Fsp3) is 0.368. The number of nitrogens with zero attached hydrogens (tertiary/aromatic N) is 3. The number of amides is 1.